The molecule has 2 aliphatic rings. The second kappa shape index (κ2) is 8.88. The number of nitrogens with zero attached hydrogens (tertiary/aromatic N) is 2. The molecule has 2 aromatic rings. The number of aryl methyl sites for hydroxylation is 1. The Morgan fingerprint density at radius 2 is 1.97 bits per heavy atom. The van der Waals surface area contributed by atoms with Gasteiger partial charge in [0.15, 0.2) is 0 Å². The summed E-state index contributed by atoms with van der Waals surface area (Å²) in [6, 6.07) is 13.4. The molecule has 0 aliphatic carbocycles. The van der Waals surface area contributed by atoms with Gasteiger partial charge in [0.1, 0.15) is 0 Å². The molecule has 6 nitrogen and oxygen atoms in total. The van der Waals surface area contributed by atoms with Gasteiger partial charge in [-0.3, -0.25) is 14.6 Å². The maximum Gasteiger partial charge on any atom is 0.322 e. The van der Waals surface area contributed by atoms with Crippen molar-refractivity contribution in [2.24, 2.45) is 0 Å². The number of amides is 3. The molecule has 0 radical (unpaired) electrons. The summed E-state index contributed by atoms with van der Waals surface area (Å²) in [4.78, 5) is 28.8. The third-order valence-corrected chi connectivity index (χ3v) is 6.24. The summed E-state index contributed by atoms with van der Waals surface area (Å²) in [6.45, 7) is 6.36. The summed E-state index contributed by atoms with van der Waals surface area (Å²) in [5, 5.41) is 5.81. The molecule has 0 bridgehead atoms. The highest BCUT2D eigenvalue weighted by Gasteiger charge is 2.23. The lowest BCUT2D eigenvalue weighted by Crippen LogP contribution is -2.31. The molecule has 0 atom stereocenters. The Morgan fingerprint density at radius 3 is 2.69 bits per heavy atom. The maximum absolute atomic E-state index is 12.7. The predicted molar refractivity (Wildman–Crippen MR) is 119 cm³/mol. The molecule has 2 fully saturated rings. The number of thioether (sulfide) groups is 1. The number of anilines is 2. The van der Waals surface area contributed by atoms with Crippen molar-refractivity contribution in [1.82, 2.24) is 10.2 Å². The SMILES string of the molecule is Cc1cc(C(=O)Nc2cccc(CN3CCSCC3)c2)ccc1N1CCNC1=O. The van der Waals surface area contributed by atoms with Crippen molar-refractivity contribution in [2.75, 3.05) is 47.9 Å². The number of carbonyl (C=O) groups is 2. The van der Waals surface area contributed by atoms with Gasteiger partial charge >= 0.3 is 6.03 Å². The van der Waals surface area contributed by atoms with Crippen molar-refractivity contribution >= 4 is 35.1 Å². The first-order chi connectivity index (χ1) is 14.1. The third kappa shape index (κ3) is 4.74. The van der Waals surface area contributed by atoms with E-state index in [1.165, 1.54) is 17.1 Å². The highest BCUT2D eigenvalue weighted by molar-refractivity contribution is 7.99. The van der Waals surface area contributed by atoms with Crippen molar-refractivity contribution in [3.8, 4) is 0 Å². The van der Waals surface area contributed by atoms with Gasteiger partial charge < -0.3 is 10.6 Å². The van der Waals surface area contributed by atoms with Crippen LogP contribution in [-0.4, -0.2) is 54.5 Å². The van der Waals surface area contributed by atoms with Crippen LogP contribution in [0, 0.1) is 6.92 Å². The molecular weight excluding hydrogens is 384 g/mol. The minimum absolute atomic E-state index is 0.0885. The average molecular weight is 411 g/mol. The number of hydrogen-bond donors (Lipinski definition) is 2. The van der Waals surface area contributed by atoms with Crippen LogP contribution in [0.15, 0.2) is 42.5 Å². The Kier molecular flexibility index (Phi) is 6.06. The molecular formula is C22H26N4O2S. The zero-order valence-corrected chi connectivity index (χ0v) is 17.4. The number of hydrogen-bond acceptors (Lipinski definition) is 4. The van der Waals surface area contributed by atoms with Crippen molar-refractivity contribution in [3.05, 3.63) is 59.2 Å². The summed E-state index contributed by atoms with van der Waals surface area (Å²) in [5.41, 5.74) is 4.36. The van der Waals surface area contributed by atoms with E-state index in [-0.39, 0.29) is 11.9 Å². The van der Waals surface area contributed by atoms with Crippen molar-refractivity contribution in [3.63, 3.8) is 0 Å². The van der Waals surface area contributed by atoms with Gasteiger partial charge in [0.2, 0.25) is 0 Å². The summed E-state index contributed by atoms with van der Waals surface area (Å²) < 4.78 is 0. The standard InChI is InChI=1S/C22H26N4O2S/c1-16-13-18(5-6-20(16)26-8-7-23-22(26)28)21(27)24-19-4-2-3-17(14-19)15-25-9-11-29-12-10-25/h2-6,13-14H,7-12,15H2,1H3,(H,23,28)(H,24,27). The molecule has 29 heavy (non-hydrogen) atoms. The van der Waals surface area contributed by atoms with Gasteiger partial charge in [0.25, 0.3) is 5.91 Å². The largest absolute Gasteiger partial charge is 0.336 e. The molecule has 3 amide bonds. The molecule has 2 aromatic carbocycles. The summed E-state index contributed by atoms with van der Waals surface area (Å²) in [7, 11) is 0. The lowest BCUT2D eigenvalue weighted by atomic mass is 10.1. The van der Waals surface area contributed by atoms with Crippen LogP contribution in [0.2, 0.25) is 0 Å². The molecule has 2 saturated heterocycles. The third-order valence-electron chi connectivity index (χ3n) is 5.30. The first kappa shape index (κ1) is 19.8. The smallest absolute Gasteiger partial charge is 0.322 e. The lowest BCUT2D eigenvalue weighted by molar-refractivity contribution is 0.102. The highest BCUT2D eigenvalue weighted by atomic mass is 32.2. The average Bonchev–Trinajstić information content (AvgIpc) is 3.14. The van der Waals surface area contributed by atoms with E-state index in [1.54, 1.807) is 11.0 Å². The fourth-order valence-electron chi connectivity index (χ4n) is 3.77. The van der Waals surface area contributed by atoms with Crippen LogP contribution in [0.1, 0.15) is 21.5 Å². The predicted octanol–water partition coefficient (Wildman–Crippen LogP) is 3.33. The minimum atomic E-state index is -0.142. The molecule has 2 aliphatic heterocycles. The van der Waals surface area contributed by atoms with Crippen LogP contribution in [-0.2, 0) is 6.54 Å². The Balaban J connectivity index is 1.43. The van der Waals surface area contributed by atoms with E-state index >= 15 is 0 Å². The van der Waals surface area contributed by atoms with Crippen molar-refractivity contribution in [1.29, 1.82) is 0 Å². The second-order valence-electron chi connectivity index (χ2n) is 7.43. The fraction of sp³-hybridized carbons (Fsp3) is 0.364. The van der Waals surface area contributed by atoms with Gasteiger partial charge in [-0.05, 0) is 48.4 Å². The van der Waals surface area contributed by atoms with Gasteiger partial charge in [-0.15, -0.1) is 0 Å². The molecule has 0 saturated carbocycles. The Hall–Kier alpha value is -2.51. The van der Waals surface area contributed by atoms with Crippen LogP contribution >= 0.6 is 11.8 Å². The van der Waals surface area contributed by atoms with Crippen molar-refractivity contribution in [2.45, 2.75) is 13.5 Å². The first-order valence-corrected chi connectivity index (χ1v) is 11.1. The van der Waals surface area contributed by atoms with Crippen LogP contribution in [0.4, 0.5) is 16.2 Å². The molecule has 152 valence electrons. The van der Waals surface area contributed by atoms with E-state index in [9.17, 15) is 9.59 Å². The van der Waals surface area contributed by atoms with Crippen LogP contribution in [0.25, 0.3) is 0 Å². The minimum Gasteiger partial charge on any atom is -0.336 e. The van der Waals surface area contributed by atoms with Crippen molar-refractivity contribution < 1.29 is 9.59 Å². The number of nitrogens with one attached hydrogen (secondary N) is 2. The normalized spacial score (nSPS) is 17.3. The zero-order valence-electron chi connectivity index (χ0n) is 16.6. The number of urea groups is 1. The quantitative estimate of drug-likeness (QED) is 0.794. The van der Waals surface area contributed by atoms with Gasteiger partial charge in [0.05, 0.1) is 0 Å². The Labute approximate surface area is 175 Å². The van der Waals surface area contributed by atoms with E-state index in [0.717, 1.165) is 36.6 Å². The molecule has 7 heteroatoms. The molecule has 0 spiro atoms. The number of benzene rings is 2. The Morgan fingerprint density at radius 1 is 1.14 bits per heavy atom. The summed E-state index contributed by atoms with van der Waals surface area (Å²) in [5.74, 6) is 2.23. The summed E-state index contributed by atoms with van der Waals surface area (Å²) in [6.07, 6.45) is 0. The van der Waals surface area contributed by atoms with Crippen LogP contribution in [0.3, 0.4) is 0 Å². The highest BCUT2D eigenvalue weighted by Crippen LogP contribution is 2.24. The first-order valence-electron chi connectivity index (χ1n) is 9.96. The van der Waals surface area contributed by atoms with E-state index in [1.807, 2.05) is 43.0 Å². The fourth-order valence-corrected chi connectivity index (χ4v) is 4.75. The van der Waals surface area contributed by atoms with Gasteiger partial charge in [-0.2, -0.15) is 11.8 Å². The maximum atomic E-state index is 12.7. The molecule has 2 heterocycles. The van der Waals surface area contributed by atoms with E-state index in [2.05, 4.69) is 27.7 Å². The van der Waals surface area contributed by atoms with E-state index in [0.29, 0.717) is 18.7 Å². The molecule has 0 unspecified atom stereocenters. The zero-order chi connectivity index (χ0) is 20.2. The van der Waals surface area contributed by atoms with E-state index in [4.69, 9.17) is 0 Å². The molecule has 2 N–H and O–H groups in total. The van der Waals surface area contributed by atoms with Crippen LogP contribution in [0.5, 0.6) is 0 Å². The van der Waals surface area contributed by atoms with Gasteiger partial charge in [-0.25, -0.2) is 4.79 Å². The second-order valence-corrected chi connectivity index (χ2v) is 8.65. The molecule has 0 aromatic heterocycles. The van der Waals surface area contributed by atoms with Gasteiger partial charge in [-0.1, -0.05) is 12.1 Å². The van der Waals surface area contributed by atoms with Gasteiger partial charge in [0, 0.05) is 61.2 Å². The number of rotatable bonds is 5. The van der Waals surface area contributed by atoms with E-state index < -0.39 is 0 Å². The topological polar surface area (TPSA) is 64.7 Å². The lowest BCUT2D eigenvalue weighted by Gasteiger charge is -2.26. The monoisotopic (exact) mass is 410 g/mol. The Bertz CT molecular complexity index is 911. The summed E-state index contributed by atoms with van der Waals surface area (Å²) >= 11 is 2.00. The van der Waals surface area contributed by atoms with Crippen LogP contribution < -0.4 is 15.5 Å². The molecule has 4 rings (SSSR count). The number of carbonyl (C=O) groups excluding carboxylic acids is 2.